The summed E-state index contributed by atoms with van der Waals surface area (Å²) in [5, 5.41) is 13.0. The summed E-state index contributed by atoms with van der Waals surface area (Å²) in [6.07, 6.45) is -0.640. The number of aromatic nitrogens is 1. The zero-order valence-electron chi connectivity index (χ0n) is 14.8. The molecule has 1 unspecified atom stereocenters. The first-order valence-corrected chi connectivity index (χ1v) is 10.2. The summed E-state index contributed by atoms with van der Waals surface area (Å²) in [6, 6.07) is 10.2. The van der Waals surface area contributed by atoms with E-state index in [4.69, 9.17) is 0 Å². The molecule has 0 amide bonds. The standard InChI is InChI=1S/C19H23N3OS2/c1-12(2)9-22-11-21(3)10-13-8-16(25-19(13)22)17(23)18-20-14-6-4-5-7-15(14)24-18/h4-8,12,17,23H,9-11H2,1-3H3. The quantitative estimate of drug-likeness (QED) is 0.740. The summed E-state index contributed by atoms with van der Waals surface area (Å²) in [6.45, 7) is 7.42. The maximum atomic E-state index is 10.9. The first kappa shape index (κ1) is 17.0. The fraction of sp³-hybridized carbons (Fsp3) is 0.421. The number of aliphatic hydroxyl groups excluding tert-OH is 1. The second kappa shape index (κ2) is 6.68. The number of fused-ring (bicyclic) bond motifs is 2. The van der Waals surface area contributed by atoms with Gasteiger partial charge < -0.3 is 10.0 Å². The van der Waals surface area contributed by atoms with Gasteiger partial charge in [0.15, 0.2) is 0 Å². The highest BCUT2D eigenvalue weighted by Gasteiger charge is 2.27. The van der Waals surface area contributed by atoms with Crippen LogP contribution in [0.5, 0.6) is 0 Å². The highest BCUT2D eigenvalue weighted by Crippen LogP contribution is 2.41. The minimum absolute atomic E-state index is 0.610. The van der Waals surface area contributed by atoms with Crippen LogP contribution in [0.1, 0.15) is 35.4 Å². The van der Waals surface area contributed by atoms with E-state index in [9.17, 15) is 5.11 Å². The topological polar surface area (TPSA) is 39.6 Å². The number of nitrogens with zero attached hydrogens (tertiary/aromatic N) is 3. The van der Waals surface area contributed by atoms with Crippen molar-refractivity contribution in [3.05, 3.63) is 45.8 Å². The number of aliphatic hydroxyl groups is 1. The van der Waals surface area contributed by atoms with Crippen molar-refractivity contribution in [2.75, 3.05) is 25.2 Å². The molecular formula is C19H23N3OS2. The second-order valence-corrected chi connectivity index (χ2v) is 9.30. The fourth-order valence-corrected chi connectivity index (χ4v) is 5.57. The number of rotatable bonds is 4. The van der Waals surface area contributed by atoms with Crippen LogP contribution in [0.3, 0.4) is 0 Å². The van der Waals surface area contributed by atoms with E-state index in [1.165, 1.54) is 10.6 Å². The minimum Gasteiger partial charge on any atom is -0.380 e. The Morgan fingerprint density at radius 3 is 2.80 bits per heavy atom. The molecule has 0 spiro atoms. The van der Waals surface area contributed by atoms with Crippen molar-refractivity contribution in [3.8, 4) is 0 Å². The number of thiophene rings is 1. The smallest absolute Gasteiger partial charge is 0.140 e. The maximum absolute atomic E-state index is 10.9. The maximum Gasteiger partial charge on any atom is 0.140 e. The van der Waals surface area contributed by atoms with Crippen LogP contribution in [0.25, 0.3) is 10.2 Å². The molecule has 0 saturated carbocycles. The minimum atomic E-state index is -0.640. The molecule has 1 aliphatic rings. The summed E-state index contributed by atoms with van der Waals surface area (Å²) < 4.78 is 1.12. The lowest BCUT2D eigenvalue weighted by atomic mass is 10.1. The van der Waals surface area contributed by atoms with E-state index in [1.807, 2.05) is 18.2 Å². The molecule has 0 saturated heterocycles. The van der Waals surface area contributed by atoms with E-state index in [0.29, 0.717) is 5.92 Å². The molecule has 132 valence electrons. The molecule has 25 heavy (non-hydrogen) atoms. The monoisotopic (exact) mass is 373 g/mol. The van der Waals surface area contributed by atoms with Gasteiger partial charge in [0.05, 0.1) is 21.9 Å². The number of hydrogen-bond acceptors (Lipinski definition) is 6. The molecule has 0 fully saturated rings. The number of benzene rings is 1. The predicted molar refractivity (Wildman–Crippen MR) is 107 cm³/mol. The summed E-state index contributed by atoms with van der Waals surface area (Å²) in [4.78, 5) is 10.4. The Kier molecular flexibility index (Phi) is 4.54. The lowest BCUT2D eigenvalue weighted by Crippen LogP contribution is -2.41. The Labute approximate surface area is 156 Å². The van der Waals surface area contributed by atoms with E-state index in [2.05, 4.69) is 47.8 Å². The van der Waals surface area contributed by atoms with Crippen LogP contribution >= 0.6 is 22.7 Å². The average Bonchev–Trinajstić information content (AvgIpc) is 3.17. The normalized spacial score (nSPS) is 16.6. The first-order valence-electron chi connectivity index (χ1n) is 8.61. The van der Waals surface area contributed by atoms with Gasteiger partial charge in [0.25, 0.3) is 0 Å². The highest BCUT2D eigenvalue weighted by molar-refractivity contribution is 7.19. The molecule has 1 aliphatic heterocycles. The van der Waals surface area contributed by atoms with Crippen molar-refractivity contribution in [3.63, 3.8) is 0 Å². The summed E-state index contributed by atoms with van der Waals surface area (Å²) >= 11 is 3.30. The van der Waals surface area contributed by atoms with E-state index >= 15 is 0 Å². The molecule has 3 heterocycles. The third-order valence-electron chi connectivity index (χ3n) is 4.34. The van der Waals surface area contributed by atoms with Gasteiger partial charge in [0.2, 0.25) is 0 Å². The summed E-state index contributed by atoms with van der Waals surface area (Å²) in [5.74, 6) is 0.610. The Morgan fingerprint density at radius 1 is 1.24 bits per heavy atom. The summed E-state index contributed by atoms with van der Waals surface area (Å²) in [5.41, 5.74) is 2.28. The highest BCUT2D eigenvalue weighted by atomic mass is 32.1. The molecule has 1 N–H and O–H groups in total. The molecule has 1 atom stereocenters. The van der Waals surface area contributed by atoms with Crippen LogP contribution in [-0.4, -0.2) is 35.3 Å². The molecule has 0 radical (unpaired) electrons. The van der Waals surface area contributed by atoms with E-state index in [1.54, 1.807) is 22.7 Å². The van der Waals surface area contributed by atoms with Gasteiger partial charge in [-0.3, -0.25) is 4.90 Å². The van der Waals surface area contributed by atoms with Crippen molar-refractivity contribution in [1.29, 1.82) is 0 Å². The Bertz CT molecular complexity index is 853. The fourth-order valence-electron chi connectivity index (χ4n) is 3.36. The van der Waals surface area contributed by atoms with E-state index < -0.39 is 6.10 Å². The molecule has 2 aromatic heterocycles. The zero-order valence-corrected chi connectivity index (χ0v) is 16.4. The van der Waals surface area contributed by atoms with Crippen LogP contribution in [0.2, 0.25) is 0 Å². The molecule has 0 aliphatic carbocycles. The van der Waals surface area contributed by atoms with Crippen LogP contribution in [0.4, 0.5) is 5.00 Å². The van der Waals surface area contributed by atoms with Gasteiger partial charge in [-0.15, -0.1) is 22.7 Å². The lowest BCUT2D eigenvalue weighted by Gasteiger charge is -2.35. The van der Waals surface area contributed by atoms with Crippen molar-refractivity contribution in [2.45, 2.75) is 26.5 Å². The van der Waals surface area contributed by atoms with Gasteiger partial charge >= 0.3 is 0 Å². The van der Waals surface area contributed by atoms with Crippen LogP contribution in [0.15, 0.2) is 30.3 Å². The molecule has 4 nitrogen and oxygen atoms in total. The Balaban J connectivity index is 1.67. The molecule has 4 rings (SSSR count). The van der Waals surface area contributed by atoms with Crippen LogP contribution in [0, 0.1) is 5.92 Å². The van der Waals surface area contributed by atoms with Gasteiger partial charge in [0, 0.05) is 23.5 Å². The Morgan fingerprint density at radius 2 is 2.04 bits per heavy atom. The summed E-state index contributed by atoms with van der Waals surface area (Å²) in [7, 11) is 2.15. The van der Waals surface area contributed by atoms with Gasteiger partial charge in [-0.1, -0.05) is 26.0 Å². The van der Waals surface area contributed by atoms with Crippen molar-refractivity contribution >= 4 is 37.9 Å². The largest absolute Gasteiger partial charge is 0.380 e. The molecule has 0 bridgehead atoms. The first-order chi connectivity index (χ1) is 12.0. The number of hydrogen-bond donors (Lipinski definition) is 1. The molecule has 1 aromatic carbocycles. The van der Waals surface area contributed by atoms with Crippen molar-refractivity contribution in [2.24, 2.45) is 5.92 Å². The number of thiazole rings is 1. The number of anilines is 1. The SMILES string of the molecule is CC(C)CN1CN(C)Cc2cc(C(O)c3nc4ccccc4s3)sc21. The number of para-hydroxylation sites is 1. The van der Waals surface area contributed by atoms with Gasteiger partial charge in [-0.25, -0.2) is 4.98 Å². The van der Waals surface area contributed by atoms with Crippen LogP contribution < -0.4 is 4.90 Å². The van der Waals surface area contributed by atoms with Crippen LogP contribution in [-0.2, 0) is 6.54 Å². The van der Waals surface area contributed by atoms with Gasteiger partial charge in [0.1, 0.15) is 11.1 Å². The molecule has 6 heteroatoms. The molecular weight excluding hydrogens is 350 g/mol. The zero-order chi connectivity index (χ0) is 17.6. The van der Waals surface area contributed by atoms with Crippen molar-refractivity contribution in [1.82, 2.24) is 9.88 Å². The van der Waals surface area contributed by atoms with E-state index in [-0.39, 0.29) is 0 Å². The molecule has 3 aromatic rings. The van der Waals surface area contributed by atoms with E-state index in [0.717, 1.165) is 39.9 Å². The van der Waals surface area contributed by atoms with Gasteiger partial charge in [-0.2, -0.15) is 0 Å². The Hall–Kier alpha value is -1.47. The predicted octanol–water partition coefficient (Wildman–Crippen LogP) is 4.30. The third kappa shape index (κ3) is 3.31. The lowest BCUT2D eigenvalue weighted by molar-refractivity contribution is 0.223. The average molecular weight is 374 g/mol. The second-order valence-electron chi connectivity index (χ2n) is 7.17. The third-order valence-corrected chi connectivity index (χ3v) is 6.72. The van der Waals surface area contributed by atoms with Crippen molar-refractivity contribution < 1.29 is 5.11 Å². The van der Waals surface area contributed by atoms with Gasteiger partial charge in [-0.05, 0) is 31.2 Å².